The molecule has 2 heterocycles. The van der Waals surface area contributed by atoms with Crippen LogP contribution in [0.3, 0.4) is 0 Å². The number of nitrogens with one attached hydrogen (secondary N) is 2. The quantitative estimate of drug-likeness (QED) is 0.819. The number of rotatable bonds is 6. The van der Waals surface area contributed by atoms with Gasteiger partial charge in [0.1, 0.15) is 11.3 Å². The summed E-state index contributed by atoms with van der Waals surface area (Å²) in [6.45, 7) is 2.24. The Kier molecular flexibility index (Phi) is 6.84. The zero-order chi connectivity index (χ0) is 16.8. The second kappa shape index (κ2) is 8.87. The Labute approximate surface area is 154 Å². The average molecular weight is 365 g/mol. The Bertz CT molecular complexity index is 669. The van der Waals surface area contributed by atoms with Gasteiger partial charge in [-0.3, -0.25) is 9.48 Å². The zero-order valence-corrected chi connectivity index (χ0v) is 15.2. The van der Waals surface area contributed by atoms with E-state index in [-0.39, 0.29) is 18.3 Å². The van der Waals surface area contributed by atoms with Gasteiger partial charge in [0.15, 0.2) is 0 Å². The number of nitrogens with zero attached hydrogens (tertiary/aromatic N) is 2. The fourth-order valence-corrected chi connectivity index (χ4v) is 3.24. The third kappa shape index (κ3) is 4.32. The monoisotopic (exact) mass is 364 g/mol. The largest absolute Gasteiger partial charge is 0.497 e. The van der Waals surface area contributed by atoms with Gasteiger partial charge < -0.3 is 15.4 Å². The number of ether oxygens (including phenoxy) is 1. The molecule has 1 aromatic heterocycles. The molecule has 0 radical (unpaired) electrons. The molecule has 2 aromatic rings. The molecule has 6 nitrogen and oxygen atoms in total. The third-order valence-corrected chi connectivity index (χ3v) is 4.63. The van der Waals surface area contributed by atoms with Gasteiger partial charge in [0.2, 0.25) is 5.91 Å². The molecule has 0 atom stereocenters. The maximum Gasteiger partial charge on any atom is 0.248 e. The van der Waals surface area contributed by atoms with E-state index < -0.39 is 5.54 Å². The fourth-order valence-electron chi connectivity index (χ4n) is 3.24. The molecule has 0 aliphatic carbocycles. The highest BCUT2D eigenvalue weighted by Gasteiger charge is 2.41. The summed E-state index contributed by atoms with van der Waals surface area (Å²) in [5, 5.41) is 10.7. The normalized spacial score (nSPS) is 15.9. The minimum atomic E-state index is -0.580. The van der Waals surface area contributed by atoms with E-state index >= 15 is 0 Å². The van der Waals surface area contributed by atoms with Crippen LogP contribution >= 0.6 is 12.4 Å². The van der Waals surface area contributed by atoms with Gasteiger partial charge in [-0.25, -0.2) is 0 Å². The van der Waals surface area contributed by atoms with Gasteiger partial charge in [-0.1, -0.05) is 12.1 Å². The van der Waals surface area contributed by atoms with Crippen LogP contribution in [0.1, 0.15) is 18.4 Å². The number of methoxy groups -OCH3 is 1. The molecule has 1 aliphatic heterocycles. The number of hydrogen-bond donors (Lipinski definition) is 2. The van der Waals surface area contributed by atoms with Crippen LogP contribution in [0, 0.1) is 0 Å². The van der Waals surface area contributed by atoms with Gasteiger partial charge in [0.05, 0.1) is 7.11 Å². The van der Waals surface area contributed by atoms with Crippen LogP contribution in [-0.2, 0) is 16.8 Å². The SMILES string of the molecule is COc1cccc(CCNC(=O)C2(n3cccn3)CCNCC2)c1.Cl. The van der Waals surface area contributed by atoms with Crippen molar-refractivity contribution in [2.24, 2.45) is 0 Å². The highest BCUT2D eigenvalue weighted by atomic mass is 35.5. The lowest BCUT2D eigenvalue weighted by Gasteiger charge is -2.36. The van der Waals surface area contributed by atoms with Gasteiger partial charge in [-0.05, 0) is 56.1 Å². The van der Waals surface area contributed by atoms with Crippen molar-refractivity contribution < 1.29 is 9.53 Å². The molecule has 1 saturated heterocycles. The summed E-state index contributed by atoms with van der Waals surface area (Å²) in [5.74, 6) is 0.890. The number of aromatic nitrogens is 2. The van der Waals surface area contributed by atoms with Crippen molar-refractivity contribution in [3.8, 4) is 5.75 Å². The first-order valence-corrected chi connectivity index (χ1v) is 8.37. The van der Waals surface area contributed by atoms with Crippen molar-refractivity contribution in [1.82, 2.24) is 20.4 Å². The van der Waals surface area contributed by atoms with E-state index in [1.807, 2.05) is 41.2 Å². The van der Waals surface area contributed by atoms with E-state index in [9.17, 15) is 4.79 Å². The molecule has 1 aromatic carbocycles. The molecule has 7 heteroatoms. The van der Waals surface area contributed by atoms with Crippen molar-refractivity contribution >= 4 is 18.3 Å². The lowest BCUT2D eigenvalue weighted by atomic mass is 9.87. The Balaban J connectivity index is 0.00000225. The molecule has 0 bridgehead atoms. The average Bonchev–Trinajstić information content (AvgIpc) is 3.17. The van der Waals surface area contributed by atoms with Crippen LogP contribution in [0.2, 0.25) is 0 Å². The van der Waals surface area contributed by atoms with E-state index in [1.54, 1.807) is 13.3 Å². The van der Waals surface area contributed by atoms with Gasteiger partial charge in [0.25, 0.3) is 0 Å². The van der Waals surface area contributed by atoms with Crippen molar-refractivity contribution in [3.05, 3.63) is 48.3 Å². The van der Waals surface area contributed by atoms with Crippen LogP contribution in [0.5, 0.6) is 5.75 Å². The summed E-state index contributed by atoms with van der Waals surface area (Å²) >= 11 is 0. The van der Waals surface area contributed by atoms with E-state index in [1.165, 1.54) is 0 Å². The lowest BCUT2D eigenvalue weighted by molar-refractivity contribution is -0.131. The standard InChI is InChI=1S/C18H24N4O2.ClH/c1-24-16-5-2-4-15(14-16)6-10-20-17(23)18(7-11-19-12-8-18)22-13-3-9-21-22;/h2-5,9,13-14,19H,6-8,10-12H2,1H3,(H,20,23);1H. The molecule has 0 saturated carbocycles. The summed E-state index contributed by atoms with van der Waals surface area (Å²) < 4.78 is 7.05. The zero-order valence-electron chi connectivity index (χ0n) is 14.4. The van der Waals surface area contributed by atoms with Crippen molar-refractivity contribution in [2.75, 3.05) is 26.7 Å². The first-order valence-electron chi connectivity index (χ1n) is 8.37. The maximum absolute atomic E-state index is 12.9. The second-order valence-corrected chi connectivity index (χ2v) is 6.09. The highest BCUT2D eigenvalue weighted by molar-refractivity contribution is 5.85. The first-order chi connectivity index (χ1) is 11.7. The van der Waals surface area contributed by atoms with Crippen LogP contribution in [0.15, 0.2) is 42.7 Å². The predicted octanol–water partition coefficient (Wildman–Crippen LogP) is 1.75. The minimum Gasteiger partial charge on any atom is -0.497 e. The minimum absolute atomic E-state index is 0. The third-order valence-electron chi connectivity index (χ3n) is 4.63. The predicted molar refractivity (Wildman–Crippen MR) is 99.3 cm³/mol. The summed E-state index contributed by atoms with van der Waals surface area (Å²) in [5.41, 5.74) is 0.566. The molecule has 25 heavy (non-hydrogen) atoms. The number of piperidine rings is 1. The van der Waals surface area contributed by atoms with Gasteiger partial charge >= 0.3 is 0 Å². The number of halogens is 1. The van der Waals surface area contributed by atoms with Gasteiger partial charge in [0, 0.05) is 18.9 Å². The first kappa shape index (κ1) is 19.3. The fraction of sp³-hybridized carbons (Fsp3) is 0.444. The van der Waals surface area contributed by atoms with Crippen LogP contribution in [-0.4, -0.2) is 42.4 Å². The topological polar surface area (TPSA) is 68.2 Å². The lowest BCUT2D eigenvalue weighted by Crippen LogP contribution is -2.54. The van der Waals surface area contributed by atoms with Crippen molar-refractivity contribution in [1.29, 1.82) is 0 Å². The molecule has 136 valence electrons. The maximum atomic E-state index is 12.9. The van der Waals surface area contributed by atoms with Crippen molar-refractivity contribution in [2.45, 2.75) is 24.8 Å². The molecular formula is C18H25ClN4O2. The van der Waals surface area contributed by atoms with Crippen LogP contribution < -0.4 is 15.4 Å². The number of hydrogen-bond acceptors (Lipinski definition) is 4. The summed E-state index contributed by atoms with van der Waals surface area (Å²) in [6.07, 6.45) is 5.88. The van der Waals surface area contributed by atoms with E-state index in [2.05, 4.69) is 15.7 Å². The van der Waals surface area contributed by atoms with Crippen LogP contribution in [0.25, 0.3) is 0 Å². The second-order valence-electron chi connectivity index (χ2n) is 6.09. The molecule has 3 rings (SSSR count). The Hall–Kier alpha value is -2.05. The summed E-state index contributed by atoms with van der Waals surface area (Å²) in [4.78, 5) is 12.9. The molecule has 1 fully saturated rings. The molecule has 0 spiro atoms. The Morgan fingerprint density at radius 1 is 1.36 bits per heavy atom. The Morgan fingerprint density at radius 2 is 2.16 bits per heavy atom. The van der Waals surface area contributed by atoms with E-state index in [4.69, 9.17) is 4.74 Å². The summed E-state index contributed by atoms with van der Waals surface area (Å²) in [6, 6.07) is 9.80. The molecule has 2 N–H and O–H groups in total. The molecule has 1 aliphatic rings. The number of benzene rings is 1. The smallest absolute Gasteiger partial charge is 0.248 e. The molecular weight excluding hydrogens is 340 g/mol. The van der Waals surface area contributed by atoms with Gasteiger partial charge in [-0.2, -0.15) is 5.10 Å². The van der Waals surface area contributed by atoms with E-state index in [0.29, 0.717) is 6.54 Å². The molecule has 1 amide bonds. The molecule has 0 unspecified atom stereocenters. The Morgan fingerprint density at radius 3 is 2.84 bits per heavy atom. The van der Waals surface area contributed by atoms with Crippen molar-refractivity contribution in [3.63, 3.8) is 0 Å². The number of amides is 1. The van der Waals surface area contributed by atoms with Gasteiger partial charge in [-0.15, -0.1) is 12.4 Å². The van der Waals surface area contributed by atoms with E-state index in [0.717, 1.165) is 43.7 Å². The highest BCUT2D eigenvalue weighted by Crippen LogP contribution is 2.27. The number of carbonyl (C=O) groups is 1. The summed E-state index contributed by atoms with van der Waals surface area (Å²) in [7, 11) is 1.66. The number of carbonyl (C=O) groups excluding carboxylic acids is 1. The van der Waals surface area contributed by atoms with Crippen LogP contribution in [0.4, 0.5) is 0 Å².